The number of likely N-dealkylation sites (N-methyl/N-ethyl adjacent to an activating group) is 1. The van der Waals surface area contributed by atoms with Gasteiger partial charge in [0.1, 0.15) is 11.4 Å². The van der Waals surface area contributed by atoms with Crippen molar-refractivity contribution in [2.75, 3.05) is 20.1 Å². The SMILES string of the molecule is CN(C[C@H]1C[C@@H](c2ccc(CO)cc2)O[C@@H](c2ccc(-c3cccc(CNC(=O)c4cnc5ccccc5n4)c3)cc2)O1)C[C@@H](O)c1cccc(O)c1. The number of aromatic nitrogens is 2. The van der Waals surface area contributed by atoms with E-state index in [9.17, 15) is 20.1 Å². The van der Waals surface area contributed by atoms with Crippen molar-refractivity contribution in [3.8, 4) is 16.9 Å². The highest BCUT2D eigenvalue weighted by Crippen LogP contribution is 2.39. The number of para-hydroxylation sites is 2. The Kier molecular flexibility index (Phi) is 11.1. The molecule has 0 unspecified atom stereocenters. The van der Waals surface area contributed by atoms with E-state index in [-0.39, 0.29) is 36.2 Å². The summed E-state index contributed by atoms with van der Waals surface area (Å²) in [6.45, 7) is 1.22. The van der Waals surface area contributed by atoms with Gasteiger partial charge in [-0.05, 0) is 70.8 Å². The molecule has 0 spiro atoms. The van der Waals surface area contributed by atoms with Crippen molar-refractivity contribution in [3.05, 3.63) is 161 Å². The van der Waals surface area contributed by atoms with Crippen LogP contribution in [0.2, 0.25) is 0 Å². The predicted octanol–water partition coefficient (Wildman–Crippen LogP) is 6.64. The van der Waals surface area contributed by atoms with Gasteiger partial charge < -0.3 is 35.0 Å². The first-order valence-electron chi connectivity index (χ1n) is 17.7. The van der Waals surface area contributed by atoms with Crippen LogP contribution in [0.3, 0.4) is 0 Å². The number of hydrogen-bond acceptors (Lipinski definition) is 9. The number of carbonyl (C=O) groups excluding carboxylic acids is 1. The fourth-order valence-corrected chi connectivity index (χ4v) is 6.62. The number of rotatable bonds is 12. The lowest BCUT2D eigenvalue weighted by atomic mass is 9.99. The average Bonchev–Trinajstić information content (AvgIpc) is 3.19. The molecule has 2 heterocycles. The highest BCUT2D eigenvalue weighted by Gasteiger charge is 2.33. The topological polar surface area (TPSA) is 137 Å². The summed E-state index contributed by atoms with van der Waals surface area (Å²) in [5.41, 5.74) is 7.99. The highest BCUT2D eigenvalue weighted by molar-refractivity contribution is 5.93. The molecule has 1 saturated heterocycles. The molecule has 6 aromatic rings. The number of carbonyl (C=O) groups is 1. The number of aliphatic hydroxyl groups is 2. The maximum absolute atomic E-state index is 12.9. The van der Waals surface area contributed by atoms with Crippen molar-refractivity contribution < 1.29 is 29.6 Å². The maximum atomic E-state index is 12.9. The molecule has 10 nitrogen and oxygen atoms in total. The summed E-state index contributed by atoms with van der Waals surface area (Å²) in [5.74, 6) is -0.170. The van der Waals surface area contributed by atoms with Crippen LogP contribution >= 0.6 is 0 Å². The van der Waals surface area contributed by atoms with Gasteiger partial charge in [0.2, 0.25) is 0 Å². The normalized spacial score (nSPS) is 17.8. The van der Waals surface area contributed by atoms with Crippen LogP contribution in [-0.2, 0) is 22.6 Å². The number of phenolic OH excluding ortho intramolecular Hbond substituents is 1. The lowest BCUT2D eigenvalue weighted by Crippen LogP contribution is -2.39. The molecule has 1 aliphatic heterocycles. The van der Waals surface area contributed by atoms with Crippen LogP contribution in [-0.4, -0.2) is 62.3 Å². The molecular formula is C43H42N4O6. The average molecular weight is 711 g/mol. The fourth-order valence-electron chi connectivity index (χ4n) is 6.62. The van der Waals surface area contributed by atoms with E-state index >= 15 is 0 Å². The Bertz CT molecular complexity index is 2160. The molecule has 0 aliphatic carbocycles. The minimum Gasteiger partial charge on any atom is -0.508 e. The van der Waals surface area contributed by atoms with Crippen molar-refractivity contribution in [1.82, 2.24) is 20.2 Å². The third-order valence-electron chi connectivity index (χ3n) is 9.45. The van der Waals surface area contributed by atoms with Gasteiger partial charge in [-0.15, -0.1) is 0 Å². The first-order chi connectivity index (χ1) is 25.8. The van der Waals surface area contributed by atoms with Gasteiger partial charge >= 0.3 is 0 Å². The van der Waals surface area contributed by atoms with Gasteiger partial charge in [0.25, 0.3) is 5.91 Å². The number of phenols is 1. The zero-order valence-corrected chi connectivity index (χ0v) is 29.4. The number of hydrogen-bond donors (Lipinski definition) is 4. The highest BCUT2D eigenvalue weighted by atomic mass is 16.7. The maximum Gasteiger partial charge on any atom is 0.271 e. The van der Waals surface area contributed by atoms with Crippen LogP contribution in [0.25, 0.3) is 22.2 Å². The third kappa shape index (κ3) is 8.94. The van der Waals surface area contributed by atoms with Crippen molar-refractivity contribution in [1.29, 1.82) is 0 Å². The molecule has 0 radical (unpaired) electrons. The van der Waals surface area contributed by atoms with Crippen LogP contribution in [0.1, 0.15) is 63.2 Å². The molecule has 270 valence electrons. The minimum atomic E-state index is -0.772. The molecule has 5 aromatic carbocycles. The minimum absolute atomic E-state index is 0.0309. The van der Waals surface area contributed by atoms with E-state index in [1.54, 1.807) is 24.3 Å². The monoisotopic (exact) mass is 710 g/mol. The molecule has 0 saturated carbocycles. The second kappa shape index (κ2) is 16.5. The molecule has 4 N–H and O–H groups in total. The predicted molar refractivity (Wildman–Crippen MR) is 202 cm³/mol. The molecule has 1 fully saturated rings. The van der Waals surface area contributed by atoms with Gasteiger partial charge in [-0.1, -0.05) is 91.0 Å². The van der Waals surface area contributed by atoms with E-state index < -0.39 is 12.4 Å². The van der Waals surface area contributed by atoms with E-state index in [0.717, 1.165) is 38.9 Å². The number of aliphatic hydroxyl groups excluding tert-OH is 2. The molecular weight excluding hydrogens is 668 g/mol. The van der Waals surface area contributed by atoms with Crippen LogP contribution in [0, 0.1) is 0 Å². The summed E-state index contributed by atoms with van der Waals surface area (Å²) in [6.07, 6.45) is 0.248. The molecule has 10 heteroatoms. The van der Waals surface area contributed by atoms with Gasteiger partial charge in [-0.25, -0.2) is 4.98 Å². The second-order valence-corrected chi connectivity index (χ2v) is 13.4. The summed E-state index contributed by atoms with van der Waals surface area (Å²) in [7, 11) is 1.94. The van der Waals surface area contributed by atoms with E-state index in [1.165, 1.54) is 6.20 Å². The van der Waals surface area contributed by atoms with Crippen LogP contribution in [0.4, 0.5) is 0 Å². The first-order valence-corrected chi connectivity index (χ1v) is 17.7. The summed E-state index contributed by atoms with van der Waals surface area (Å²) >= 11 is 0. The smallest absolute Gasteiger partial charge is 0.271 e. The number of benzene rings is 5. The Hall–Kier alpha value is -5.49. The van der Waals surface area contributed by atoms with Gasteiger partial charge in [-0.2, -0.15) is 0 Å². The molecule has 7 rings (SSSR count). The third-order valence-corrected chi connectivity index (χ3v) is 9.45. The van der Waals surface area contributed by atoms with Crippen molar-refractivity contribution in [2.24, 2.45) is 0 Å². The van der Waals surface area contributed by atoms with Crippen molar-refractivity contribution >= 4 is 16.9 Å². The summed E-state index contributed by atoms with van der Waals surface area (Å²) in [4.78, 5) is 23.7. The lowest BCUT2D eigenvalue weighted by Gasteiger charge is -2.38. The number of amides is 1. The Labute approximate surface area is 308 Å². The summed E-state index contributed by atoms with van der Waals surface area (Å²) in [5, 5.41) is 33.3. The molecule has 53 heavy (non-hydrogen) atoms. The molecule has 1 aromatic heterocycles. The van der Waals surface area contributed by atoms with E-state index in [4.69, 9.17) is 9.47 Å². The number of ether oxygens (including phenoxy) is 2. The Morgan fingerprint density at radius 1 is 0.849 bits per heavy atom. The zero-order valence-electron chi connectivity index (χ0n) is 29.4. The number of nitrogens with one attached hydrogen (secondary N) is 1. The van der Waals surface area contributed by atoms with E-state index in [0.29, 0.717) is 37.1 Å². The fraction of sp³-hybridized carbons (Fsp3) is 0.233. The van der Waals surface area contributed by atoms with Crippen LogP contribution < -0.4 is 5.32 Å². The molecule has 4 atom stereocenters. The van der Waals surface area contributed by atoms with E-state index in [1.807, 2.05) is 103 Å². The Balaban J connectivity index is 1.03. The second-order valence-electron chi connectivity index (χ2n) is 13.4. The van der Waals surface area contributed by atoms with E-state index in [2.05, 4.69) is 21.4 Å². The Morgan fingerprint density at radius 2 is 1.60 bits per heavy atom. The van der Waals surface area contributed by atoms with Crippen LogP contribution in [0.15, 0.2) is 128 Å². The zero-order chi connectivity index (χ0) is 36.7. The van der Waals surface area contributed by atoms with Gasteiger partial charge in [0.15, 0.2) is 6.29 Å². The molecule has 1 amide bonds. The standard InChI is InChI=1S/C43H42N4O6/c1-47(26-40(50)34-8-5-9-35(49)21-34)25-36-22-41(31-14-12-28(27-48)13-15-31)53-43(52-36)32-18-16-30(17-19-32)33-7-4-6-29(20-33)23-45-42(51)39-24-44-37-10-2-3-11-38(37)46-39/h2-21,24,36,40-41,43,48-50H,22-23,25-27H2,1H3,(H,45,51)/t36-,40-,41+,43+/m1/s1. The number of aromatic hydroxyl groups is 1. The van der Waals surface area contributed by atoms with Crippen molar-refractivity contribution in [3.63, 3.8) is 0 Å². The number of nitrogens with zero attached hydrogens (tertiary/aromatic N) is 3. The van der Waals surface area contributed by atoms with Gasteiger partial charge in [-0.3, -0.25) is 9.78 Å². The van der Waals surface area contributed by atoms with Crippen LogP contribution in [0.5, 0.6) is 5.75 Å². The summed E-state index contributed by atoms with van der Waals surface area (Å²) < 4.78 is 13.1. The van der Waals surface area contributed by atoms with Gasteiger partial charge in [0, 0.05) is 31.6 Å². The molecule has 1 aliphatic rings. The number of fused-ring (bicyclic) bond motifs is 1. The first kappa shape index (κ1) is 35.9. The quantitative estimate of drug-likeness (QED) is 0.110. The van der Waals surface area contributed by atoms with Crippen molar-refractivity contribution in [2.45, 2.75) is 44.2 Å². The molecule has 0 bridgehead atoms. The van der Waals surface area contributed by atoms with Gasteiger partial charge in [0.05, 0.1) is 42.1 Å². The Morgan fingerprint density at radius 3 is 2.38 bits per heavy atom. The summed E-state index contributed by atoms with van der Waals surface area (Å²) in [6, 6.07) is 38.0. The lowest BCUT2D eigenvalue weighted by molar-refractivity contribution is -0.252. The largest absolute Gasteiger partial charge is 0.508 e.